The molecular weight excluding hydrogens is 204 g/mol. The highest BCUT2D eigenvalue weighted by Crippen LogP contribution is 2.19. The van der Waals surface area contributed by atoms with Gasteiger partial charge in [-0.2, -0.15) is 0 Å². The van der Waals surface area contributed by atoms with Crippen molar-refractivity contribution in [3.05, 3.63) is 29.0 Å². The van der Waals surface area contributed by atoms with Gasteiger partial charge in [-0.25, -0.2) is 4.79 Å². The van der Waals surface area contributed by atoms with Crippen LogP contribution in [0.15, 0.2) is 18.3 Å². The van der Waals surface area contributed by atoms with Crippen LogP contribution < -0.4 is 5.73 Å². The van der Waals surface area contributed by atoms with E-state index in [0.717, 1.165) is 0 Å². The van der Waals surface area contributed by atoms with Gasteiger partial charge in [-0.3, -0.25) is 4.98 Å². The van der Waals surface area contributed by atoms with Crippen LogP contribution in [0.25, 0.3) is 0 Å². The Morgan fingerprint density at radius 2 is 2.36 bits per heavy atom. The molecule has 0 radical (unpaired) electrons. The molecule has 0 fully saturated rings. The molecule has 0 aliphatic heterocycles. The molecule has 1 rings (SSSR count). The molecular formula is C9H11ClN2O2. The molecule has 2 N–H and O–H groups in total. The molecule has 0 aliphatic rings. The highest BCUT2D eigenvalue weighted by atomic mass is 35.5. The van der Waals surface area contributed by atoms with Crippen LogP contribution in [-0.2, 0) is 15.1 Å². The van der Waals surface area contributed by atoms with E-state index in [1.54, 1.807) is 12.1 Å². The van der Waals surface area contributed by atoms with Gasteiger partial charge in [0.1, 0.15) is 0 Å². The molecule has 0 saturated heterocycles. The second kappa shape index (κ2) is 3.94. The molecule has 0 spiro atoms. The van der Waals surface area contributed by atoms with Gasteiger partial charge in [-0.15, -0.1) is 0 Å². The number of aromatic nitrogens is 1. The van der Waals surface area contributed by atoms with Crippen LogP contribution in [0.4, 0.5) is 0 Å². The van der Waals surface area contributed by atoms with Gasteiger partial charge in [0.25, 0.3) is 0 Å². The van der Waals surface area contributed by atoms with E-state index in [2.05, 4.69) is 9.72 Å². The Kier molecular flexibility index (Phi) is 3.08. The lowest BCUT2D eigenvalue weighted by atomic mass is 9.99. The fraction of sp³-hybridized carbons (Fsp3) is 0.333. The number of hydrogen-bond donors (Lipinski definition) is 1. The smallest absolute Gasteiger partial charge is 0.331 e. The van der Waals surface area contributed by atoms with Crippen molar-refractivity contribution >= 4 is 17.6 Å². The average Bonchev–Trinajstić information content (AvgIpc) is 2.16. The van der Waals surface area contributed by atoms with Gasteiger partial charge in [-0.1, -0.05) is 11.6 Å². The van der Waals surface area contributed by atoms with E-state index in [9.17, 15) is 4.79 Å². The Morgan fingerprint density at radius 3 is 2.86 bits per heavy atom. The largest absolute Gasteiger partial charge is 0.467 e. The molecule has 0 saturated carbocycles. The molecule has 0 amide bonds. The van der Waals surface area contributed by atoms with Crippen LogP contribution >= 0.6 is 11.6 Å². The number of rotatable bonds is 2. The van der Waals surface area contributed by atoms with Gasteiger partial charge in [0, 0.05) is 11.2 Å². The topological polar surface area (TPSA) is 65.2 Å². The molecule has 1 atom stereocenters. The monoisotopic (exact) mass is 214 g/mol. The lowest BCUT2D eigenvalue weighted by Gasteiger charge is -2.20. The Labute approximate surface area is 87.0 Å². The maximum absolute atomic E-state index is 11.3. The summed E-state index contributed by atoms with van der Waals surface area (Å²) in [6, 6.07) is 3.15. The number of methoxy groups -OCH3 is 1. The van der Waals surface area contributed by atoms with Crippen molar-refractivity contribution in [3.8, 4) is 0 Å². The van der Waals surface area contributed by atoms with Crippen molar-refractivity contribution < 1.29 is 9.53 Å². The van der Waals surface area contributed by atoms with E-state index in [1.807, 2.05) is 0 Å². The van der Waals surface area contributed by atoms with E-state index >= 15 is 0 Å². The van der Waals surface area contributed by atoms with Gasteiger partial charge >= 0.3 is 5.97 Å². The first-order valence-corrected chi connectivity index (χ1v) is 4.35. The van der Waals surface area contributed by atoms with E-state index in [-0.39, 0.29) is 0 Å². The Bertz CT molecular complexity index is 352. The summed E-state index contributed by atoms with van der Waals surface area (Å²) in [5, 5.41) is 0.482. The predicted molar refractivity (Wildman–Crippen MR) is 52.8 cm³/mol. The highest BCUT2D eigenvalue weighted by Gasteiger charge is 2.33. The first-order chi connectivity index (χ1) is 6.48. The lowest BCUT2D eigenvalue weighted by Crippen LogP contribution is -2.43. The van der Waals surface area contributed by atoms with Crippen molar-refractivity contribution in [1.29, 1.82) is 0 Å². The Morgan fingerprint density at radius 1 is 1.71 bits per heavy atom. The van der Waals surface area contributed by atoms with Crippen LogP contribution in [0.3, 0.4) is 0 Å². The normalized spacial score (nSPS) is 14.6. The molecule has 76 valence electrons. The maximum Gasteiger partial charge on any atom is 0.331 e. The van der Waals surface area contributed by atoms with Crippen LogP contribution in [0.5, 0.6) is 0 Å². The molecule has 0 aromatic carbocycles. The van der Waals surface area contributed by atoms with Gasteiger partial charge in [-0.05, 0) is 19.1 Å². The number of esters is 1. The van der Waals surface area contributed by atoms with Crippen LogP contribution in [-0.4, -0.2) is 18.1 Å². The van der Waals surface area contributed by atoms with Gasteiger partial charge in [0.05, 0.1) is 12.8 Å². The standard InChI is InChI=1S/C9H11ClN2O2/c1-9(11,8(13)14-2)7-5-6(10)3-4-12-7/h3-5H,11H2,1-2H3. The minimum absolute atomic E-state index is 0.386. The van der Waals surface area contributed by atoms with Crippen molar-refractivity contribution in [2.45, 2.75) is 12.5 Å². The first kappa shape index (κ1) is 10.9. The number of hydrogen-bond acceptors (Lipinski definition) is 4. The summed E-state index contributed by atoms with van der Waals surface area (Å²) in [6.07, 6.45) is 1.49. The number of nitrogens with two attached hydrogens (primary N) is 1. The highest BCUT2D eigenvalue weighted by molar-refractivity contribution is 6.30. The first-order valence-electron chi connectivity index (χ1n) is 3.98. The van der Waals surface area contributed by atoms with E-state index in [4.69, 9.17) is 17.3 Å². The van der Waals surface area contributed by atoms with Crippen molar-refractivity contribution in [2.24, 2.45) is 5.73 Å². The molecule has 1 heterocycles. The predicted octanol–water partition coefficient (Wildman–Crippen LogP) is 1.08. The quantitative estimate of drug-likeness (QED) is 0.749. The molecule has 1 aromatic rings. The Balaban J connectivity index is 3.09. The third-order valence-corrected chi connectivity index (χ3v) is 2.10. The third-order valence-electron chi connectivity index (χ3n) is 1.86. The molecule has 5 heteroatoms. The zero-order chi connectivity index (χ0) is 10.8. The number of ether oxygens (including phenoxy) is 1. The minimum Gasteiger partial charge on any atom is -0.467 e. The summed E-state index contributed by atoms with van der Waals surface area (Å²) < 4.78 is 4.56. The molecule has 1 unspecified atom stereocenters. The number of carbonyl (C=O) groups excluding carboxylic acids is 1. The third kappa shape index (κ3) is 2.02. The number of nitrogens with zero attached hydrogens (tertiary/aromatic N) is 1. The van der Waals surface area contributed by atoms with E-state index in [0.29, 0.717) is 10.7 Å². The average molecular weight is 215 g/mol. The van der Waals surface area contributed by atoms with Crippen LogP contribution in [0.2, 0.25) is 5.02 Å². The molecule has 14 heavy (non-hydrogen) atoms. The number of pyridine rings is 1. The van der Waals surface area contributed by atoms with Crippen LogP contribution in [0.1, 0.15) is 12.6 Å². The fourth-order valence-corrected chi connectivity index (χ4v) is 1.17. The van der Waals surface area contributed by atoms with Crippen molar-refractivity contribution in [3.63, 3.8) is 0 Å². The summed E-state index contributed by atoms with van der Waals surface area (Å²) in [6.45, 7) is 1.53. The van der Waals surface area contributed by atoms with Crippen molar-refractivity contribution in [1.82, 2.24) is 4.98 Å². The van der Waals surface area contributed by atoms with Gasteiger partial charge < -0.3 is 10.5 Å². The SMILES string of the molecule is COC(=O)C(C)(N)c1cc(Cl)ccn1. The summed E-state index contributed by atoms with van der Waals surface area (Å²) in [5.41, 5.74) is 4.89. The van der Waals surface area contributed by atoms with Crippen molar-refractivity contribution in [2.75, 3.05) is 7.11 Å². The summed E-state index contributed by atoms with van der Waals surface area (Å²) in [5.74, 6) is -0.549. The molecule has 1 aromatic heterocycles. The van der Waals surface area contributed by atoms with Gasteiger partial charge in [0.15, 0.2) is 5.54 Å². The molecule has 0 bridgehead atoms. The van der Waals surface area contributed by atoms with Crippen LogP contribution in [0, 0.1) is 0 Å². The summed E-state index contributed by atoms with van der Waals surface area (Å²) >= 11 is 5.75. The summed E-state index contributed by atoms with van der Waals surface area (Å²) in [4.78, 5) is 15.3. The van der Waals surface area contributed by atoms with Gasteiger partial charge in [0.2, 0.25) is 0 Å². The maximum atomic E-state index is 11.3. The molecule has 0 aliphatic carbocycles. The summed E-state index contributed by atoms with van der Waals surface area (Å²) in [7, 11) is 1.28. The second-order valence-corrected chi connectivity index (χ2v) is 3.49. The molecule has 4 nitrogen and oxygen atoms in total. The lowest BCUT2D eigenvalue weighted by molar-refractivity contribution is -0.146. The minimum atomic E-state index is -1.26. The fourth-order valence-electron chi connectivity index (χ4n) is 1.01. The van der Waals surface area contributed by atoms with E-state index in [1.165, 1.54) is 20.2 Å². The zero-order valence-corrected chi connectivity index (χ0v) is 8.71. The number of carbonyl (C=O) groups is 1. The Hall–Kier alpha value is -1.13. The van der Waals surface area contributed by atoms with E-state index < -0.39 is 11.5 Å². The number of halogens is 1. The zero-order valence-electron chi connectivity index (χ0n) is 7.95. The second-order valence-electron chi connectivity index (χ2n) is 3.05.